The molecule has 0 aliphatic heterocycles. The number of fused-ring (bicyclic) bond motifs is 5. The van der Waals surface area contributed by atoms with E-state index in [2.05, 4.69) is 72.0 Å². The van der Waals surface area contributed by atoms with Gasteiger partial charge in [0.05, 0.1) is 26.9 Å². The van der Waals surface area contributed by atoms with E-state index >= 15 is 0 Å². The molecule has 3 aromatic rings. The van der Waals surface area contributed by atoms with E-state index in [0.717, 1.165) is 147 Å². The van der Waals surface area contributed by atoms with Gasteiger partial charge in [0.1, 0.15) is 29.0 Å². The third kappa shape index (κ3) is 17.9. The van der Waals surface area contributed by atoms with Crippen LogP contribution in [-0.2, 0) is 19.9 Å². The number of alkyl carbamates (subject to hydrolysis) is 1. The van der Waals surface area contributed by atoms with Crippen molar-refractivity contribution in [2.45, 2.75) is 246 Å². The van der Waals surface area contributed by atoms with Crippen LogP contribution in [-0.4, -0.2) is 56.6 Å². The lowest BCUT2D eigenvalue weighted by atomic mass is 9.47. The molecule has 0 bridgehead atoms. The highest BCUT2D eigenvalue weighted by molar-refractivity contribution is 5.78. The Balaban J connectivity index is 0.000000258. The molecule has 0 radical (unpaired) electrons. The fourth-order valence-electron chi connectivity index (χ4n) is 15.4. The Labute approximate surface area is 487 Å². The molecule has 0 aromatic heterocycles. The summed E-state index contributed by atoms with van der Waals surface area (Å²) in [7, 11) is 3.32. The van der Waals surface area contributed by atoms with Crippen LogP contribution in [0.1, 0.15) is 245 Å². The number of ether oxygens (including phenoxy) is 4. The molecule has 4 aliphatic carbocycles. The van der Waals surface area contributed by atoms with E-state index in [1.54, 1.807) is 19.8 Å². The Morgan fingerprint density at radius 3 is 1.90 bits per heavy atom. The topological polar surface area (TPSA) is 103 Å². The van der Waals surface area contributed by atoms with Gasteiger partial charge in [-0.05, 0) is 164 Å². The van der Waals surface area contributed by atoms with Gasteiger partial charge in [-0.25, -0.2) is 4.79 Å². The first-order valence-corrected chi connectivity index (χ1v) is 32.5. The zero-order valence-electron chi connectivity index (χ0n) is 51.8. The molecule has 4 aliphatic rings. The lowest BCUT2D eigenvalue weighted by Gasteiger charge is -2.58. The lowest BCUT2D eigenvalue weighted by Crippen LogP contribution is -2.51. The molecule has 0 heterocycles. The predicted molar refractivity (Wildman–Crippen MR) is 330 cm³/mol. The predicted octanol–water partition coefficient (Wildman–Crippen LogP) is 18.7. The minimum atomic E-state index is -0.872. The van der Waals surface area contributed by atoms with Gasteiger partial charge in [0.25, 0.3) is 0 Å². The molecular formula is C72H111NO7. The number of aliphatic hydroxyl groups is 1. The van der Waals surface area contributed by atoms with Crippen LogP contribution in [0.25, 0.3) is 0 Å². The minimum absolute atomic E-state index is 0.0573. The largest absolute Gasteiger partial charge is 0.497 e. The second-order valence-corrected chi connectivity index (χ2v) is 26.0. The number of amides is 1. The van der Waals surface area contributed by atoms with Crippen LogP contribution in [0.5, 0.6) is 11.5 Å². The van der Waals surface area contributed by atoms with Crippen LogP contribution in [0.3, 0.4) is 0 Å². The summed E-state index contributed by atoms with van der Waals surface area (Å²) in [6.07, 6.45) is 33.9. The number of benzene rings is 3. The standard InChI is InChI=1S/C36H63NO2.C36H48O5/c1-7-8-9-10-11-12-24-37-34(38)39-29-20-22-35(5)28(25-29)16-17-30-32-19-18-31(27(4)15-13-14-26(2)3)36(32,6)23-21-33(30)35;1-4-5-9-16-32(37)17-12-6-7-13-18-33(38)27-28-41-36(29-14-10-8-11-15-29,30-19-23-34(39-2)24-20-30)31-21-25-35(40-3)26-22-31/h16,26-27,29-33H,7-15,17-25H2,1-6H3,(H,37,38);8,10-11,14-15,19-26,33,38H,4-7,9,12-13,16-18,27-28H2,1-3H3/t27-,29+,30?,31-,32?,33?,35+,36-;/m0./s1. The quantitative estimate of drug-likeness (QED) is 0.0356. The van der Waals surface area contributed by atoms with Crippen LogP contribution in [0.2, 0.25) is 0 Å². The van der Waals surface area contributed by atoms with Gasteiger partial charge in [-0.15, -0.1) is 0 Å². The van der Waals surface area contributed by atoms with Crippen molar-refractivity contribution in [2.24, 2.45) is 46.3 Å². The van der Waals surface area contributed by atoms with Crippen LogP contribution in [0, 0.1) is 46.3 Å². The van der Waals surface area contributed by atoms with E-state index < -0.39 is 11.7 Å². The van der Waals surface area contributed by atoms with Crippen molar-refractivity contribution in [3.63, 3.8) is 0 Å². The second kappa shape index (κ2) is 33.2. The van der Waals surface area contributed by atoms with Crippen molar-refractivity contribution >= 4 is 11.9 Å². The summed E-state index contributed by atoms with van der Waals surface area (Å²) < 4.78 is 23.6. The van der Waals surface area contributed by atoms with E-state index in [1.165, 1.54) is 89.9 Å². The average molecular weight is 1100 g/mol. The molecule has 3 fully saturated rings. The van der Waals surface area contributed by atoms with Crippen molar-refractivity contribution in [3.8, 4) is 11.5 Å². The van der Waals surface area contributed by atoms with Crippen LogP contribution >= 0.6 is 0 Å². The molecule has 1 amide bonds. The van der Waals surface area contributed by atoms with Gasteiger partial charge in [-0.1, -0.05) is 198 Å². The number of nitrogens with one attached hydrogen (secondary N) is 1. The van der Waals surface area contributed by atoms with Crippen LogP contribution in [0.4, 0.5) is 4.79 Å². The molecule has 2 N–H and O–H groups in total. The number of hydrogen-bond acceptors (Lipinski definition) is 7. The highest BCUT2D eigenvalue weighted by Crippen LogP contribution is 2.67. The number of unbranched alkanes of at least 4 members (excludes halogenated alkanes) is 10. The van der Waals surface area contributed by atoms with Gasteiger partial charge >= 0.3 is 6.09 Å². The summed E-state index contributed by atoms with van der Waals surface area (Å²) in [5, 5.41) is 13.8. The molecular weight excluding hydrogens is 991 g/mol. The SMILES string of the molecule is CCCCCC(=O)CCCCCCC(O)CCOC(c1ccccc1)(c1ccc(OC)cc1)c1ccc(OC)cc1.CCCCCCCCNC(=O)O[C@@H]1CC[C@]2(C)C(=CCC3C2CC[C@]2(C)C3CC[C@H]2[C@@H](C)CCCC(C)C)C1. The Bertz CT molecular complexity index is 2210. The van der Waals surface area contributed by atoms with Crippen molar-refractivity contribution < 1.29 is 33.6 Å². The Hall–Kier alpha value is -4.14. The Morgan fingerprint density at radius 2 is 1.25 bits per heavy atom. The number of carbonyl (C=O) groups excluding carboxylic acids is 2. The maximum absolute atomic E-state index is 12.5. The van der Waals surface area contributed by atoms with Gasteiger partial charge in [-0.3, -0.25) is 4.79 Å². The zero-order valence-corrected chi connectivity index (χ0v) is 51.8. The maximum atomic E-state index is 12.5. The van der Waals surface area contributed by atoms with E-state index in [-0.39, 0.29) is 12.2 Å². The maximum Gasteiger partial charge on any atom is 0.407 e. The smallest absolute Gasteiger partial charge is 0.407 e. The fraction of sp³-hybridized carbons (Fsp3) is 0.694. The summed E-state index contributed by atoms with van der Waals surface area (Å²) in [5.41, 5.74) is 4.58. The van der Waals surface area contributed by atoms with E-state index in [0.29, 0.717) is 36.1 Å². The Kier molecular flexibility index (Phi) is 27.0. The summed E-state index contributed by atoms with van der Waals surface area (Å²) in [6.45, 7) is 18.1. The molecule has 3 saturated carbocycles. The normalized spacial score (nSPS) is 24.0. The van der Waals surface area contributed by atoms with Gasteiger partial charge < -0.3 is 29.4 Å². The molecule has 446 valence electrons. The number of rotatable bonds is 33. The van der Waals surface area contributed by atoms with E-state index in [9.17, 15) is 14.7 Å². The molecule has 3 aromatic carbocycles. The van der Waals surface area contributed by atoms with E-state index in [1.807, 2.05) is 66.7 Å². The third-order valence-electron chi connectivity index (χ3n) is 20.1. The van der Waals surface area contributed by atoms with Gasteiger partial charge in [-0.2, -0.15) is 0 Å². The highest BCUT2D eigenvalue weighted by atomic mass is 16.6. The lowest BCUT2D eigenvalue weighted by molar-refractivity contribution is -0.119. The summed E-state index contributed by atoms with van der Waals surface area (Å²) in [6, 6.07) is 26.2. The molecule has 4 unspecified atom stereocenters. The number of hydrogen-bond donors (Lipinski definition) is 2. The third-order valence-corrected chi connectivity index (χ3v) is 20.1. The summed E-state index contributed by atoms with van der Waals surface area (Å²) >= 11 is 0. The summed E-state index contributed by atoms with van der Waals surface area (Å²) in [5.74, 6) is 7.19. The number of methoxy groups -OCH3 is 2. The fourth-order valence-corrected chi connectivity index (χ4v) is 15.4. The first-order valence-electron chi connectivity index (χ1n) is 32.5. The van der Waals surface area contributed by atoms with Crippen molar-refractivity contribution in [2.75, 3.05) is 27.4 Å². The zero-order chi connectivity index (χ0) is 57.4. The van der Waals surface area contributed by atoms with Crippen LogP contribution in [0.15, 0.2) is 90.5 Å². The van der Waals surface area contributed by atoms with Crippen LogP contribution < -0.4 is 14.8 Å². The van der Waals surface area contributed by atoms with Gasteiger partial charge in [0.15, 0.2) is 0 Å². The second-order valence-electron chi connectivity index (χ2n) is 26.0. The van der Waals surface area contributed by atoms with Crippen molar-refractivity contribution in [3.05, 3.63) is 107 Å². The number of ketones is 1. The van der Waals surface area contributed by atoms with E-state index in [4.69, 9.17) is 18.9 Å². The molecule has 8 nitrogen and oxygen atoms in total. The number of aliphatic hydroxyl groups excluding tert-OH is 1. The molecule has 9 atom stereocenters. The monoisotopic (exact) mass is 1100 g/mol. The van der Waals surface area contributed by atoms with Crippen molar-refractivity contribution in [1.82, 2.24) is 5.32 Å². The molecule has 0 saturated heterocycles. The first-order chi connectivity index (χ1) is 38.7. The number of Topliss-reactive ketones (excluding diaryl/α,β-unsaturated/α-hetero) is 1. The molecule has 0 spiro atoms. The first kappa shape index (κ1) is 65.0. The van der Waals surface area contributed by atoms with Gasteiger partial charge in [0, 0.05) is 25.8 Å². The number of carbonyl (C=O) groups is 2. The minimum Gasteiger partial charge on any atom is -0.497 e. The average Bonchev–Trinajstić information content (AvgIpc) is 3.83. The molecule has 8 heteroatoms. The van der Waals surface area contributed by atoms with Gasteiger partial charge in [0.2, 0.25) is 0 Å². The summed E-state index contributed by atoms with van der Waals surface area (Å²) in [4.78, 5) is 24.5. The van der Waals surface area contributed by atoms with Crippen molar-refractivity contribution in [1.29, 1.82) is 0 Å². The highest BCUT2D eigenvalue weighted by Gasteiger charge is 2.59. The molecule has 7 rings (SSSR count). The Morgan fingerprint density at radius 1 is 0.650 bits per heavy atom. The molecule has 80 heavy (non-hydrogen) atoms. The number of allylic oxidation sites excluding steroid dienone is 1.